The molecule has 1 atom stereocenters. The van der Waals surface area contributed by atoms with Crippen LogP contribution in [-0.4, -0.2) is 19.7 Å². The number of para-hydroxylation sites is 1. The maximum absolute atomic E-state index is 13.1. The van der Waals surface area contributed by atoms with E-state index in [0.29, 0.717) is 5.75 Å². The lowest BCUT2D eigenvalue weighted by Gasteiger charge is -2.14. The van der Waals surface area contributed by atoms with Gasteiger partial charge in [0.05, 0.1) is 6.10 Å². The minimum absolute atomic E-state index is 0.0272. The SMILES string of the molecule is CNCCC(C)Oc1ccccc1F. The van der Waals surface area contributed by atoms with Crippen molar-refractivity contribution in [3.63, 3.8) is 0 Å². The van der Waals surface area contributed by atoms with Gasteiger partial charge in [0, 0.05) is 0 Å². The van der Waals surface area contributed by atoms with Crippen LogP contribution < -0.4 is 10.1 Å². The fourth-order valence-electron chi connectivity index (χ4n) is 1.16. The molecule has 2 nitrogen and oxygen atoms in total. The molecule has 1 aromatic carbocycles. The molecule has 1 unspecified atom stereocenters. The van der Waals surface area contributed by atoms with Crippen LogP contribution in [0.15, 0.2) is 24.3 Å². The Morgan fingerprint density at radius 3 is 2.79 bits per heavy atom. The van der Waals surface area contributed by atoms with Gasteiger partial charge in [-0.15, -0.1) is 0 Å². The average molecular weight is 197 g/mol. The molecular weight excluding hydrogens is 181 g/mol. The van der Waals surface area contributed by atoms with E-state index in [1.165, 1.54) is 6.07 Å². The molecule has 0 amide bonds. The second-order valence-electron chi connectivity index (χ2n) is 3.25. The Labute approximate surface area is 84.1 Å². The van der Waals surface area contributed by atoms with E-state index in [-0.39, 0.29) is 11.9 Å². The molecule has 3 heteroatoms. The monoisotopic (exact) mass is 197 g/mol. The molecule has 0 radical (unpaired) electrons. The van der Waals surface area contributed by atoms with Crippen molar-refractivity contribution in [2.45, 2.75) is 19.4 Å². The highest BCUT2D eigenvalue weighted by Crippen LogP contribution is 2.17. The molecular formula is C11H16FNO. The summed E-state index contributed by atoms with van der Waals surface area (Å²) in [5, 5.41) is 3.03. The van der Waals surface area contributed by atoms with Gasteiger partial charge in [0.15, 0.2) is 11.6 Å². The molecule has 78 valence electrons. The first kappa shape index (κ1) is 11.0. The summed E-state index contributed by atoms with van der Waals surface area (Å²) in [4.78, 5) is 0. The summed E-state index contributed by atoms with van der Waals surface area (Å²) in [6.45, 7) is 2.80. The summed E-state index contributed by atoms with van der Waals surface area (Å²) in [5.41, 5.74) is 0. The molecule has 0 aliphatic heterocycles. The summed E-state index contributed by atoms with van der Waals surface area (Å²) >= 11 is 0. The van der Waals surface area contributed by atoms with Crippen molar-refractivity contribution in [3.8, 4) is 5.75 Å². The predicted octanol–water partition coefficient (Wildman–Crippen LogP) is 2.20. The van der Waals surface area contributed by atoms with Crippen LogP contribution in [0.25, 0.3) is 0 Å². The Kier molecular flexibility index (Phi) is 4.40. The van der Waals surface area contributed by atoms with Gasteiger partial charge in [0.25, 0.3) is 0 Å². The zero-order valence-electron chi connectivity index (χ0n) is 8.59. The summed E-state index contributed by atoms with van der Waals surface area (Å²) in [6, 6.07) is 6.47. The van der Waals surface area contributed by atoms with E-state index >= 15 is 0 Å². The second kappa shape index (κ2) is 5.60. The van der Waals surface area contributed by atoms with Crippen molar-refractivity contribution in [2.75, 3.05) is 13.6 Å². The fourth-order valence-corrected chi connectivity index (χ4v) is 1.16. The highest BCUT2D eigenvalue weighted by molar-refractivity contribution is 5.23. The predicted molar refractivity (Wildman–Crippen MR) is 55.0 cm³/mol. The van der Waals surface area contributed by atoms with Crippen LogP contribution in [0.1, 0.15) is 13.3 Å². The first-order chi connectivity index (χ1) is 6.74. The summed E-state index contributed by atoms with van der Waals surface area (Å²) in [6.07, 6.45) is 0.893. The van der Waals surface area contributed by atoms with Gasteiger partial charge in [-0.05, 0) is 39.1 Å². The zero-order chi connectivity index (χ0) is 10.4. The van der Waals surface area contributed by atoms with E-state index < -0.39 is 0 Å². The first-order valence-corrected chi connectivity index (χ1v) is 4.80. The van der Waals surface area contributed by atoms with Crippen LogP contribution in [0, 0.1) is 5.82 Å². The maximum Gasteiger partial charge on any atom is 0.165 e. The lowest BCUT2D eigenvalue weighted by Crippen LogP contribution is -2.19. The lowest BCUT2D eigenvalue weighted by molar-refractivity contribution is 0.202. The summed E-state index contributed by atoms with van der Waals surface area (Å²) in [5.74, 6) is 0.0277. The third kappa shape index (κ3) is 3.34. The topological polar surface area (TPSA) is 21.3 Å². The number of rotatable bonds is 5. The Hall–Kier alpha value is -1.09. The van der Waals surface area contributed by atoms with Crippen molar-refractivity contribution >= 4 is 0 Å². The number of hydrogen-bond donors (Lipinski definition) is 1. The normalized spacial score (nSPS) is 12.5. The smallest absolute Gasteiger partial charge is 0.165 e. The van der Waals surface area contributed by atoms with Gasteiger partial charge in [0.2, 0.25) is 0 Å². The molecule has 0 saturated carbocycles. The maximum atomic E-state index is 13.1. The third-order valence-corrected chi connectivity index (χ3v) is 1.97. The van der Waals surface area contributed by atoms with E-state index in [9.17, 15) is 4.39 Å². The standard InChI is InChI=1S/C11H16FNO/c1-9(7-8-13-2)14-11-6-4-3-5-10(11)12/h3-6,9,13H,7-8H2,1-2H3. The summed E-state index contributed by atoms with van der Waals surface area (Å²) < 4.78 is 18.6. The Morgan fingerprint density at radius 2 is 2.14 bits per heavy atom. The van der Waals surface area contributed by atoms with Crippen LogP contribution in [0.3, 0.4) is 0 Å². The van der Waals surface area contributed by atoms with Crippen LogP contribution in [0.2, 0.25) is 0 Å². The van der Waals surface area contributed by atoms with Crippen LogP contribution in [0.4, 0.5) is 4.39 Å². The zero-order valence-corrected chi connectivity index (χ0v) is 8.59. The number of nitrogens with one attached hydrogen (secondary N) is 1. The molecule has 14 heavy (non-hydrogen) atoms. The molecule has 1 aromatic rings. The van der Waals surface area contributed by atoms with E-state index in [2.05, 4.69) is 5.32 Å². The largest absolute Gasteiger partial charge is 0.488 e. The summed E-state index contributed by atoms with van der Waals surface area (Å²) in [7, 11) is 1.88. The van der Waals surface area contributed by atoms with Gasteiger partial charge in [0.1, 0.15) is 0 Å². The van der Waals surface area contributed by atoms with Gasteiger partial charge in [-0.25, -0.2) is 4.39 Å². The van der Waals surface area contributed by atoms with E-state index in [1.54, 1.807) is 18.2 Å². The molecule has 0 heterocycles. The Morgan fingerprint density at radius 1 is 1.43 bits per heavy atom. The van der Waals surface area contributed by atoms with Crippen molar-refractivity contribution in [3.05, 3.63) is 30.1 Å². The van der Waals surface area contributed by atoms with Crippen molar-refractivity contribution < 1.29 is 9.13 Å². The van der Waals surface area contributed by atoms with Gasteiger partial charge in [-0.1, -0.05) is 12.1 Å². The number of hydrogen-bond acceptors (Lipinski definition) is 2. The fraction of sp³-hybridized carbons (Fsp3) is 0.455. The van der Waals surface area contributed by atoms with E-state index in [0.717, 1.165) is 13.0 Å². The molecule has 0 bridgehead atoms. The van der Waals surface area contributed by atoms with Crippen molar-refractivity contribution in [1.29, 1.82) is 0 Å². The molecule has 0 aliphatic rings. The minimum atomic E-state index is -0.302. The molecule has 1 N–H and O–H groups in total. The van der Waals surface area contributed by atoms with Gasteiger partial charge in [-0.3, -0.25) is 0 Å². The second-order valence-corrected chi connectivity index (χ2v) is 3.25. The van der Waals surface area contributed by atoms with Crippen LogP contribution >= 0.6 is 0 Å². The van der Waals surface area contributed by atoms with E-state index in [4.69, 9.17) is 4.74 Å². The average Bonchev–Trinajstić information content (AvgIpc) is 2.18. The Bertz CT molecular complexity index is 278. The molecule has 1 rings (SSSR count). The third-order valence-electron chi connectivity index (χ3n) is 1.97. The van der Waals surface area contributed by atoms with Crippen molar-refractivity contribution in [2.24, 2.45) is 0 Å². The number of ether oxygens (including phenoxy) is 1. The number of benzene rings is 1. The molecule has 0 aliphatic carbocycles. The van der Waals surface area contributed by atoms with Crippen molar-refractivity contribution in [1.82, 2.24) is 5.32 Å². The highest BCUT2D eigenvalue weighted by atomic mass is 19.1. The van der Waals surface area contributed by atoms with Gasteiger partial charge in [-0.2, -0.15) is 0 Å². The Balaban J connectivity index is 2.47. The first-order valence-electron chi connectivity index (χ1n) is 4.80. The van der Waals surface area contributed by atoms with E-state index in [1.807, 2.05) is 14.0 Å². The van der Waals surface area contributed by atoms with Crippen LogP contribution in [-0.2, 0) is 0 Å². The lowest BCUT2D eigenvalue weighted by atomic mass is 10.2. The highest BCUT2D eigenvalue weighted by Gasteiger charge is 2.06. The molecule has 0 saturated heterocycles. The minimum Gasteiger partial charge on any atom is -0.488 e. The molecule has 0 aromatic heterocycles. The van der Waals surface area contributed by atoms with Gasteiger partial charge >= 0.3 is 0 Å². The number of halogens is 1. The van der Waals surface area contributed by atoms with Gasteiger partial charge < -0.3 is 10.1 Å². The molecule has 0 fully saturated rings. The molecule has 0 spiro atoms. The van der Waals surface area contributed by atoms with Crippen LogP contribution in [0.5, 0.6) is 5.75 Å². The quantitative estimate of drug-likeness (QED) is 0.781.